The van der Waals surface area contributed by atoms with Crippen molar-refractivity contribution in [3.05, 3.63) is 175 Å². The molecular weight excluding hydrogens is 928 g/mol. The van der Waals surface area contributed by atoms with Gasteiger partial charge in [0.15, 0.2) is 0 Å². The summed E-state index contributed by atoms with van der Waals surface area (Å²) in [7, 11) is 0. The van der Waals surface area contributed by atoms with E-state index in [0.29, 0.717) is 29.3 Å². The molecule has 5 nitrogen and oxygen atoms in total. The molecular formula is C55H53N4OPt-3. The fourth-order valence-corrected chi connectivity index (χ4v) is 8.89. The number of anilines is 4. The normalized spacial score (nSPS) is 12.9. The first-order valence-electron chi connectivity index (χ1n) is 21.3. The Labute approximate surface area is 376 Å². The zero-order valence-corrected chi connectivity index (χ0v) is 38.8. The van der Waals surface area contributed by atoms with Crippen LogP contribution in [0.4, 0.5) is 22.7 Å². The molecule has 1 aliphatic heterocycles. The quantitative estimate of drug-likeness (QED) is 0.135. The molecule has 8 aromatic rings. The Morgan fingerprint density at radius 1 is 0.607 bits per heavy atom. The maximum atomic E-state index is 6.67. The second kappa shape index (κ2) is 16.7. The first-order valence-corrected chi connectivity index (χ1v) is 21.3. The largest absolute Gasteiger partial charge is 0.509 e. The molecule has 312 valence electrons. The number of fused-ring (bicyclic) bond motifs is 4. The fraction of sp³-hybridized carbons (Fsp3) is 0.236. The van der Waals surface area contributed by atoms with Crippen LogP contribution in [-0.2, 0) is 26.5 Å². The zero-order valence-electron chi connectivity index (χ0n) is 36.5. The van der Waals surface area contributed by atoms with Gasteiger partial charge in [0.05, 0.1) is 0 Å². The number of ether oxygens (including phenoxy) is 1. The molecule has 0 aliphatic carbocycles. The van der Waals surface area contributed by atoms with E-state index in [2.05, 4.69) is 205 Å². The number of aromatic nitrogens is 2. The van der Waals surface area contributed by atoms with Crippen LogP contribution in [0.15, 0.2) is 134 Å². The molecule has 3 heterocycles. The summed E-state index contributed by atoms with van der Waals surface area (Å²) in [6, 6.07) is 52.5. The van der Waals surface area contributed by atoms with Crippen molar-refractivity contribution in [2.75, 3.05) is 9.80 Å². The van der Waals surface area contributed by atoms with Gasteiger partial charge in [-0.1, -0.05) is 135 Å². The Morgan fingerprint density at radius 3 is 1.93 bits per heavy atom. The van der Waals surface area contributed by atoms with Crippen LogP contribution in [0.25, 0.3) is 38.8 Å². The van der Waals surface area contributed by atoms with Gasteiger partial charge >= 0.3 is 0 Å². The molecule has 2 aromatic heterocycles. The molecule has 1 aliphatic rings. The number of para-hydroxylation sites is 4. The van der Waals surface area contributed by atoms with Crippen LogP contribution < -0.4 is 14.5 Å². The van der Waals surface area contributed by atoms with Crippen LogP contribution in [-0.4, -0.2) is 9.55 Å². The van der Waals surface area contributed by atoms with Crippen molar-refractivity contribution in [3.63, 3.8) is 0 Å². The summed E-state index contributed by atoms with van der Waals surface area (Å²) in [4.78, 5) is 9.57. The molecule has 0 saturated heterocycles. The third-order valence-electron chi connectivity index (χ3n) is 11.8. The van der Waals surface area contributed by atoms with E-state index >= 15 is 0 Å². The number of pyridine rings is 1. The molecule has 9 rings (SSSR count). The SMILES string of the molecule is CC(C)c1cccc(C(C)C)c1-c1ccnc(-n2c3[c-]c(Oc4[c-]c(N5[CH-]N(c6c(C(C)C)cccc6C(C)(C)C)c6ccccc65)ccc4)ccc3c3ccccc32)c1.[Pt]. The minimum absolute atomic E-state index is 0. The maximum Gasteiger partial charge on any atom is 0.136 e. The second-order valence-electron chi connectivity index (χ2n) is 18.0. The predicted molar refractivity (Wildman–Crippen MR) is 251 cm³/mol. The summed E-state index contributed by atoms with van der Waals surface area (Å²) in [5.74, 6) is 3.18. The Balaban J connectivity index is 0.00000514. The molecule has 61 heavy (non-hydrogen) atoms. The average Bonchev–Trinajstić information content (AvgIpc) is 3.79. The van der Waals surface area contributed by atoms with E-state index in [1.54, 1.807) is 0 Å². The van der Waals surface area contributed by atoms with Gasteiger partial charge in [0.25, 0.3) is 0 Å². The monoisotopic (exact) mass is 980 g/mol. The summed E-state index contributed by atoms with van der Waals surface area (Å²) in [5, 5.41) is 2.23. The van der Waals surface area contributed by atoms with Crippen LogP contribution in [0, 0.1) is 18.8 Å². The van der Waals surface area contributed by atoms with Gasteiger partial charge in [-0.25, -0.2) is 4.98 Å². The first kappa shape index (κ1) is 42.1. The van der Waals surface area contributed by atoms with E-state index in [1.165, 1.54) is 39.1 Å². The standard InChI is InChI=1S/C55H53N4O.Pt/c1-35(2)42-20-15-21-43(36(3)4)53(42)38-29-30-56-52(31-38)59-48-24-11-10-19-45(48)46-28-27-41(33-51(46)59)60-40-18-14-17-39(32-40)57-34-58(50-26-13-12-25-49(50)57)54-44(37(5)6)22-16-23-47(54)55(7,8)9;/h10-31,34-37H,1-9H3;/q-3;. The maximum absolute atomic E-state index is 6.67. The molecule has 0 fully saturated rings. The van der Waals surface area contributed by atoms with E-state index in [0.717, 1.165) is 44.7 Å². The van der Waals surface area contributed by atoms with Crippen molar-refractivity contribution in [2.45, 2.75) is 85.5 Å². The predicted octanol–water partition coefficient (Wildman–Crippen LogP) is 15.3. The fourth-order valence-electron chi connectivity index (χ4n) is 8.89. The van der Waals surface area contributed by atoms with Gasteiger partial charge in [-0.05, 0) is 92.3 Å². The van der Waals surface area contributed by atoms with Gasteiger partial charge in [0.2, 0.25) is 0 Å². The molecule has 0 saturated carbocycles. The summed E-state index contributed by atoms with van der Waals surface area (Å²) in [6.07, 6.45) is 1.94. The van der Waals surface area contributed by atoms with E-state index in [1.807, 2.05) is 24.4 Å². The third kappa shape index (κ3) is 7.67. The van der Waals surface area contributed by atoms with E-state index < -0.39 is 0 Å². The van der Waals surface area contributed by atoms with Gasteiger partial charge < -0.3 is 19.1 Å². The smallest absolute Gasteiger partial charge is 0.136 e. The van der Waals surface area contributed by atoms with Gasteiger partial charge in [-0.2, -0.15) is 12.1 Å². The number of hydrogen-bond donors (Lipinski definition) is 0. The summed E-state index contributed by atoms with van der Waals surface area (Å²) < 4.78 is 8.89. The number of hydrogen-bond acceptors (Lipinski definition) is 4. The Hall–Kier alpha value is -5.64. The van der Waals surface area contributed by atoms with Crippen LogP contribution in [0.3, 0.4) is 0 Å². The van der Waals surface area contributed by atoms with Gasteiger partial charge in [-0.15, -0.1) is 48.1 Å². The van der Waals surface area contributed by atoms with Crippen molar-refractivity contribution in [2.24, 2.45) is 0 Å². The molecule has 6 aromatic carbocycles. The topological polar surface area (TPSA) is 33.5 Å². The van der Waals surface area contributed by atoms with Crippen molar-refractivity contribution < 1.29 is 25.8 Å². The summed E-state index contributed by atoms with van der Waals surface area (Å²) in [5.41, 5.74) is 14.1. The van der Waals surface area contributed by atoms with Crippen molar-refractivity contribution >= 4 is 44.6 Å². The molecule has 0 spiro atoms. The first-order chi connectivity index (χ1) is 28.9. The Bertz CT molecular complexity index is 2860. The van der Waals surface area contributed by atoms with Gasteiger partial charge in [0.1, 0.15) is 5.82 Å². The Kier molecular flexibility index (Phi) is 11.5. The molecule has 0 atom stereocenters. The van der Waals surface area contributed by atoms with Crippen LogP contribution >= 0.6 is 0 Å². The number of benzene rings is 6. The minimum atomic E-state index is -0.0467. The number of rotatable bonds is 9. The van der Waals surface area contributed by atoms with Crippen molar-refractivity contribution in [1.29, 1.82) is 0 Å². The Morgan fingerprint density at radius 2 is 1.23 bits per heavy atom. The molecule has 0 N–H and O–H groups in total. The van der Waals surface area contributed by atoms with E-state index in [9.17, 15) is 0 Å². The summed E-state index contributed by atoms with van der Waals surface area (Å²) >= 11 is 0. The van der Waals surface area contributed by atoms with Crippen LogP contribution in [0.1, 0.15) is 102 Å². The molecule has 6 heteroatoms. The zero-order chi connectivity index (χ0) is 41.9. The van der Waals surface area contributed by atoms with Gasteiger partial charge in [0, 0.05) is 61.3 Å². The van der Waals surface area contributed by atoms with E-state index in [-0.39, 0.29) is 26.5 Å². The van der Waals surface area contributed by atoms with Crippen molar-refractivity contribution in [1.82, 2.24) is 9.55 Å². The third-order valence-corrected chi connectivity index (χ3v) is 11.8. The van der Waals surface area contributed by atoms with Gasteiger partial charge in [-0.3, -0.25) is 0 Å². The minimum Gasteiger partial charge on any atom is -0.509 e. The van der Waals surface area contributed by atoms with Crippen molar-refractivity contribution in [3.8, 4) is 28.4 Å². The van der Waals surface area contributed by atoms with Crippen LogP contribution in [0.5, 0.6) is 11.5 Å². The molecule has 0 radical (unpaired) electrons. The number of nitrogens with zero attached hydrogens (tertiary/aromatic N) is 4. The molecule has 0 unspecified atom stereocenters. The summed E-state index contributed by atoms with van der Waals surface area (Å²) in [6.45, 7) is 22.7. The van der Waals surface area contributed by atoms with Crippen LogP contribution in [0.2, 0.25) is 0 Å². The second-order valence-corrected chi connectivity index (χ2v) is 18.0. The average molecular weight is 981 g/mol. The molecule has 0 amide bonds. The van der Waals surface area contributed by atoms with E-state index in [4.69, 9.17) is 9.72 Å². The molecule has 0 bridgehead atoms.